The van der Waals surface area contributed by atoms with Crippen molar-refractivity contribution in [2.24, 2.45) is 11.1 Å². The summed E-state index contributed by atoms with van der Waals surface area (Å²) in [5.74, 6) is 0.178. The molecule has 138 valence electrons. The zero-order chi connectivity index (χ0) is 18.0. The van der Waals surface area contributed by atoms with Gasteiger partial charge in [0, 0.05) is 31.5 Å². The van der Waals surface area contributed by atoms with Crippen LogP contribution in [0, 0.1) is 19.3 Å². The van der Waals surface area contributed by atoms with Crippen molar-refractivity contribution in [3.63, 3.8) is 0 Å². The van der Waals surface area contributed by atoms with E-state index < -0.39 is 0 Å². The lowest BCUT2D eigenvalue weighted by atomic mass is 9.58. The fourth-order valence-electron chi connectivity index (χ4n) is 4.26. The van der Waals surface area contributed by atoms with Gasteiger partial charge < -0.3 is 20.5 Å². The molecule has 0 aromatic heterocycles. The van der Waals surface area contributed by atoms with Crippen LogP contribution < -0.4 is 5.73 Å². The van der Waals surface area contributed by atoms with E-state index in [9.17, 15) is 9.90 Å². The van der Waals surface area contributed by atoms with Gasteiger partial charge in [-0.15, -0.1) is 0 Å². The molecule has 3 rings (SSSR count). The number of aliphatic hydroxyl groups is 1. The van der Waals surface area contributed by atoms with Gasteiger partial charge in [-0.2, -0.15) is 0 Å². The number of aliphatic hydroxyl groups excluding tert-OH is 1. The van der Waals surface area contributed by atoms with E-state index in [0.29, 0.717) is 39.1 Å². The van der Waals surface area contributed by atoms with E-state index in [0.717, 1.165) is 24.0 Å². The topological polar surface area (TPSA) is 75.8 Å². The van der Waals surface area contributed by atoms with Gasteiger partial charge in [-0.05, 0) is 37.8 Å². The van der Waals surface area contributed by atoms with E-state index in [-0.39, 0.29) is 23.5 Å². The predicted octanol–water partition coefficient (Wildman–Crippen LogP) is 1.56. The number of piperidine rings is 1. The Balaban J connectivity index is 1.58. The molecular weight excluding hydrogens is 316 g/mol. The number of benzene rings is 1. The van der Waals surface area contributed by atoms with Crippen LogP contribution in [0.5, 0.6) is 0 Å². The van der Waals surface area contributed by atoms with Crippen LogP contribution in [-0.4, -0.2) is 54.4 Å². The highest BCUT2D eigenvalue weighted by atomic mass is 16.5. The SMILES string of the molecule is Cc1ccc(C)c(CC(=O)N2CCC3(CC2)[C@H](O)C[C@@H]3OCCN)c1. The van der Waals surface area contributed by atoms with Crippen molar-refractivity contribution in [3.05, 3.63) is 34.9 Å². The highest BCUT2D eigenvalue weighted by molar-refractivity contribution is 5.79. The maximum Gasteiger partial charge on any atom is 0.227 e. The molecule has 0 bridgehead atoms. The molecule has 1 aromatic carbocycles. The lowest BCUT2D eigenvalue weighted by molar-refractivity contribution is -0.210. The minimum absolute atomic E-state index is 0.0855. The average Bonchev–Trinajstić information content (AvgIpc) is 2.61. The molecule has 1 saturated carbocycles. The number of carbonyl (C=O) groups excluding carboxylic acids is 1. The maximum absolute atomic E-state index is 12.7. The molecule has 0 unspecified atom stereocenters. The molecule has 1 saturated heterocycles. The second-order valence-electron chi connectivity index (χ2n) is 7.62. The number of carbonyl (C=O) groups is 1. The van der Waals surface area contributed by atoms with Gasteiger partial charge in [0.05, 0.1) is 25.2 Å². The van der Waals surface area contributed by atoms with Crippen LogP contribution in [-0.2, 0) is 16.0 Å². The number of nitrogens with zero attached hydrogens (tertiary/aromatic N) is 1. The van der Waals surface area contributed by atoms with Gasteiger partial charge in [-0.3, -0.25) is 4.79 Å². The van der Waals surface area contributed by atoms with Crippen LogP contribution in [0.3, 0.4) is 0 Å². The Labute approximate surface area is 150 Å². The number of likely N-dealkylation sites (tertiary alicyclic amines) is 1. The smallest absolute Gasteiger partial charge is 0.227 e. The first-order valence-corrected chi connectivity index (χ1v) is 9.30. The molecule has 1 amide bonds. The summed E-state index contributed by atoms with van der Waals surface area (Å²) >= 11 is 0. The molecule has 1 spiro atoms. The fourth-order valence-corrected chi connectivity index (χ4v) is 4.26. The van der Waals surface area contributed by atoms with Crippen LogP contribution in [0.1, 0.15) is 36.0 Å². The predicted molar refractivity (Wildman–Crippen MR) is 97.3 cm³/mol. The van der Waals surface area contributed by atoms with Crippen molar-refractivity contribution in [3.8, 4) is 0 Å². The van der Waals surface area contributed by atoms with Gasteiger partial charge in [0.1, 0.15) is 0 Å². The Hall–Kier alpha value is -1.43. The number of ether oxygens (including phenoxy) is 1. The molecule has 0 radical (unpaired) electrons. The van der Waals surface area contributed by atoms with Gasteiger partial charge in [-0.1, -0.05) is 23.8 Å². The standard InChI is InChI=1S/C20H30N2O3/c1-14-3-4-15(2)16(11-14)12-19(24)22-8-5-20(6-9-22)17(23)13-18(20)25-10-7-21/h3-4,11,17-18,23H,5-10,12-13,21H2,1-2H3/t17-,18+/m1/s1. The summed E-state index contributed by atoms with van der Waals surface area (Å²) in [6.07, 6.45) is 2.53. The largest absolute Gasteiger partial charge is 0.392 e. The summed E-state index contributed by atoms with van der Waals surface area (Å²) in [4.78, 5) is 14.6. The third kappa shape index (κ3) is 3.59. The van der Waals surface area contributed by atoms with E-state index in [1.807, 2.05) is 4.90 Å². The maximum atomic E-state index is 12.7. The van der Waals surface area contributed by atoms with Crippen molar-refractivity contribution >= 4 is 5.91 Å². The summed E-state index contributed by atoms with van der Waals surface area (Å²) in [6, 6.07) is 6.26. The van der Waals surface area contributed by atoms with Crippen molar-refractivity contribution in [2.75, 3.05) is 26.2 Å². The Kier molecular flexibility index (Phi) is 5.46. The van der Waals surface area contributed by atoms with E-state index in [4.69, 9.17) is 10.5 Å². The summed E-state index contributed by atoms with van der Waals surface area (Å²) in [7, 11) is 0. The number of hydrogen-bond donors (Lipinski definition) is 2. The highest BCUT2D eigenvalue weighted by Crippen LogP contribution is 2.50. The molecule has 25 heavy (non-hydrogen) atoms. The number of aryl methyl sites for hydroxylation is 2. The Bertz CT molecular complexity index is 623. The van der Waals surface area contributed by atoms with E-state index >= 15 is 0 Å². The van der Waals surface area contributed by atoms with Crippen molar-refractivity contribution in [2.45, 2.75) is 51.7 Å². The first-order chi connectivity index (χ1) is 12.0. The highest BCUT2D eigenvalue weighted by Gasteiger charge is 2.56. The first-order valence-electron chi connectivity index (χ1n) is 9.30. The molecular formula is C20H30N2O3. The van der Waals surface area contributed by atoms with Crippen LogP contribution in [0.4, 0.5) is 0 Å². The zero-order valence-corrected chi connectivity index (χ0v) is 15.3. The lowest BCUT2D eigenvalue weighted by Crippen LogP contribution is -2.63. The number of rotatable bonds is 5. The second kappa shape index (κ2) is 7.44. The zero-order valence-electron chi connectivity index (χ0n) is 15.3. The number of hydrogen-bond acceptors (Lipinski definition) is 4. The molecule has 1 aliphatic heterocycles. The van der Waals surface area contributed by atoms with E-state index in [1.54, 1.807) is 0 Å². The molecule has 1 heterocycles. The molecule has 2 aliphatic rings. The van der Waals surface area contributed by atoms with Crippen molar-refractivity contribution < 1.29 is 14.6 Å². The van der Waals surface area contributed by atoms with Gasteiger partial charge in [0.25, 0.3) is 0 Å². The number of amides is 1. The third-order valence-corrected chi connectivity index (χ3v) is 6.07. The summed E-state index contributed by atoms with van der Waals surface area (Å²) in [5, 5.41) is 10.3. The van der Waals surface area contributed by atoms with Crippen LogP contribution in [0.25, 0.3) is 0 Å². The van der Waals surface area contributed by atoms with Crippen LogP contribution >= 0.6 is 0 Å². The Morgan fingerprint density at radius 2 is 2.08 bits per heavy atom. The molecule has 3 N–H and O–H groups in total. The van der Waals surface area contributed by atoms with Crippen molar-refractivity contribution in [1.29, 1.82) is 0 Å². The Morgan fingerprint density at radius 3 is 2.72 bits per heavy atom. The van der Waals surface area contributed by atoms with Gasteiger partial charge in [-0.25, -0.2) is 0 Å². The van der Waals surface area contributed by atoms with Gasteiger partial charge in [0.15, 0.2) is 0 Å². The molecule has 2 fully saturated rings. The minimum atomic E-state index is -0.313. The van der Waals surface area contributed by atoms with Gasteiger partial charge >= 0.3 is 0 Å². The summed E-state index contributed by atoms with van der Waals surface area (Å²) in [6.45, 7) is 6.54. The third-order valence-electron chi connectivity index (χ3n) is 6.07. The fraction of sp³-hybridized carbons (Fsp3) is 0.650. The summed E-state index contributed by atoms with van der Waals surface area (Å²) < 4.78 is 5.82. The average molecular weight is 346 g/mol. The second-order valence-corrected chi connectivity index (χ2v) is 7.62. The molecule has 1 aromatic rings. The molecule has 1 aliphatic carbocycles. The van der Waals surface area contributed by atoms with Crippen LogP contribution in [0.15, 0.2) is 18.2 Å². The minimum Gasteiger partial charge on any atom is -0.392 e. The van der Waals surface area contributed by atoms with E-state index in [2.05, 4.69) is 32.0 Å². The van der Waals surface area contributed by atoms with Crippen LogP contribution in [0.2, 0.25) is 0 Å². The van der Waals surface area contributed by atoms with E-state index in [1.165, 1.54) is 5.56 Å². The quantitative estimate of drug-likeness (QED) is 0.848. The first kappa shape index (κ1) is 18.4. The number of nitrogens with two attached hydrogens (primary N) is 1. The Morgan fingerprint density at radius 1 is 1.36 bits per heavy atom. The van der Waals surface area contributed by atoms with Gasteiger partial charge in [0.2, 0.25) is 5.91 Å². The van der Waals surface area contributed by atoms with Crippen molar-refractivity contribution in [1.82, 2.24) is 4.90 Å². The monoisotopic (exact) mass is 346 g/mol. The molecule has 5 nitrogen and oxygen atoms in total. The normalized spacial score (nSPS) is 25.0. The lowest BCUT2D eigenvalue weighted by Gasteiger charge is -2.56. The molecule has 2 atom stereocenters. The molecule has 5 heteroatoms. The summed E-state index contributed by atoms with van der Waals surface area (Å²) in [5.41, 5.74) is 8.81.